The van der Waals surface area contributed by atoms with Crippen LogP contribution in [-0.4, -0.2) is 61.1 Å². The largest absolute Gasteiger partial charge is 0.490 e. The zero-order valence-corrected chi connectivity index (χ0v) is 23.5. The number of halogens is 3. The van der Waals surface area contributed by atoms with Gasteiger partial charge in [-0.3, -0.25) is 14.4 Å². The molecular weight excluding hydrogens is 563 g/mol. The second kappa shape index (κ2) is 12.9. The summed E-state index contributed by atoms with van der Waals surface area (Å²) in [6.45, 7) is 0.699. The second-order valence-electron chi connectivity index (χ2n) is 10.7. The molecule has 0 aromatic heterocycles. The Morgan fingerprint density at radius 2 is 1.74 bits per heavy atom. The molecule has 1 saturated heterocycles. The molecule has 1 fully saturated rings. The molecule has 0 spiro atoms. The van der Waals surface area contributed by atoms with E-state index in [9.17, 15) is 27.6 Å². The molecule has 5 rings (SSSR count). The van der Waals surface area contributed by atoms with Gasteiger partial charge in [0.05, 0.1) is 29.7 Å². The van der Waals surface area contributed by atoms with Crippen LogP contribution < -0.4 is 15.4 Å². The quantitative estimate of drug-likeness (QED) is 0.397. The number of amides is 3. The van der Waals surface area contributed by atoms with Crippen LogP contribution >= 0.6 is 0 Å². The molecule has 0 bridgehead atoms. The zero-order chi connectivity index (χ0) is 30.6. The fourth-order valence-corrected chi connectivity index (χ4v) is 5.39. The van der Waals surface area contributed by atoms with Crippen molar-refractivity contribution in [1.82, 2.24) is 10.2 Å². The molecule has 2 aliphatic rings. The Labute approximate surface area is 247 Å². The molecule has 3 atom stereocenters. The van der Waals surface area contributed by atoms with Crippen molar-refractivity contribution in [2.75, 3.05) is 25.5 Å². The van der Waals surface area contributed by atoms with Gasteiger partial charge in [-0.1, -0.05) is 30.3 Å². The normalized spacial score (nSPS) is 20.1. The van der Waals surface area contributed by atoms with Crippen molar-refractivity contribution in [3.05, 3.63) is 95.1 Å². The summed E-state index contributed by atoms with van der Waals surface area (Å²) < 4.78 is 50.8. The van der Waals surface area contributed by atoms with Gasteiger partial charge in [0.2, 0.25) is 5.91 Å². The zero-order valence-electron chi connectivity index (χ0n) is 23.5. The highest BCUT2D eigenvalue weighted by molar-refractivity contribution is 6.05. The van der Waals surface area contributed by atoms with Crippen LogP contribution in [0.1, 0.15) is 51.1 Å². The van der Waals surface area contributed by atoms with E-state index in [0.29, 0.717) is 30.8 Å². The number of ether oxygens (including phenoxy) is 2. The Morgan fingerprint density at radius 3 is 2.47 bits per heavy atom. The van der Waals surface area contributed by atoms with Crippen molar-refractivity contribution >= 4 is 23.4 Å². The highest BCUT2D eigenvalue weighted by atomic mass is 19.4. The molecule has 2 heterocycles. The van der Waals surface area contributed by atoms with Crippen LogP contribution in [-0.2, 0) is 22.1 Å². The van der Waals surface area contributed by atoms with E-state index in [0.717, 1.165) is 36.2 Å². The van der Waals surface area contributed by atoms with E-state index in [-0.39, 0.29) is 48.1 Å². The number of hydrogen-bond donors (Lipinski definition) is 2. The van der Waals surface area contributed by atoms with Crippen molar-refractivity contribution in [2.24, 2.45) is 0 Å². The molecule has 0 saturated carbocycles. The van der Waals surface area contributed by atoms with Gasteiger partial charge in [-0.15, -0.1) is 0 Å². The molecule has 0 unspecified atom stereocenters. The number of alkyl halides is 3. The van der Waals surface area contributed by atoms with E-state index in [1.165, 1.54) is 6.07 Å². The molecular formula is C32H32F3N3O5. The average Bonchev–Trinajstić information content (AvgIpc) is 2.99. The first-order valence-electron chi connectivity index (χ1n) is 14.1. The molecule has 43 heavy (non-hydrogen) atoms. The van der Waals surface area contributed by atoms with Crippen molar-refractivity contribution in [3.63, 3.8) is 0 Å². The first-order chi connectivity index (χ1) is 20.6. The van der Waals surface area contributed by atoms with Crippen molar-refractivity contribution in [1.29, 1.82) is 0 Å². The average molecular weight is 596 g/mol. The monoisotopic (exact) mass is 595 g/mol. The Morgan fingerprint density at radius 1 is 1.00 bits per heavy atom. The molecule has 2 N–H and O–H groups in total. The van der Waals surface area contributed by atoms with Crippen molar-refractivity contribution in [3.8, 4) is 5.75 Å². The standard InChI is InChI=1S/C32H32F3N3O5/c1-38-26-13-12-24(18-29(39)36-16-15-20-5-3-2-4-6-20)43-28(26)19-42-27-14-11-23(17-25(27)31(38)41)37-30(40)21-7-9-22(10-8-21)32(33,34)35/h2-11,14,17,24,26,28H,12-13,15-16,18-19H2,1H3,(H,36,39)(H,37,40)/t24-,26-,28-/m0/s1. The van der Waals surface area contributed by atoms with E-state index < -0.39 is 23.8 Å². The number of fused-ring (bicyclic) bond motifs is 2. The number of nitrogens with zero attached hydrogens (tertiary/aromatic N) is 1. The third-order valence-corrected chi connectivity index (χ3v) is 7.74. The minimum atomic E-state index is -4.50. The van der Waals surface area contributed by atoms with Crippen LogP contribution in [0.2, 0.25) is 0 Å². The summed E-state index contributed by atoms with van der Waals surface area (Å²) in [4.78, 5) is 40.3. The predicted molar refractivity (Wildman–Crippen MR) is 153 cm³/mol. The van der Waals surface area contributed by atoms with Gasteiger partial charge >= 0.3 is 6.18 Å². The maximum Gasteiger partial charge on any atom is 0.416 e. The summed E-state index contributed by atoms with van der Waals surface area (Å²) in [5.74, 6) is -0.716. The fourth-order valence-electron chi connectivity index (χ4n) is 5.39. The maximum absolute atomic E-state index is 13.5. The molecule has 3 aromatic carbocycles. The third-order valence-electron chi connectivity index (χ3n) is 7.74. The second-order valence-corrected chi connectivity index (χ2v) is 10.7. The highest BCUT2D eigenvalue weighted by Crippen LogP contribution is 2.33. The predicted octanol–water partition coefficient (Wildman–Crippen LogP) is 5.09. The van der Waals surface area contributed by atoms with Crippen LogP contribution in [0.25, 0.3) is 0 Å². The van der Waals surface area contributed by atoms with Gasteiger partial charge in [0.15, 0.2) is 0 Å². The van der Waals surface area contributed by atoms with E-state index in [4.69, 9.17) is 9.47 Å². The van der Waals surface area contributed by atoms with Gasteiger partial charge in [0.1, 0.15) is 18.5 Å². The lowest BCUT2D eigenvalue weighted by atomic mass is 9.94. The Hall–Kier alpha value is -4.38. The fraction of sp³-hybridized carbons (Fsp3) is 0.344. The van der Waals surface area contributed by atoms with Crippen LogP contribution in [0.5, 0.6) is 5.75 Å². The summed E-state index contributed by atoms with van der Waals surface area (Å²) >= 11 is 0. The molecule has 3 aromatic rings. The number of anilines is 1. The van der Waals surface area contributed by atoms with Gasteiger partial charge in [0, 0.05) is 24.8 Å². The molecule has 3 amide bonds. The first-order valence-corrected chi connectivity index (χ1v) is 14.1. The van der Waals surface area contributed by atoms with Crippen LogP contribution in [0.15, 0.2) is 72.8 Å². The van der Waals surface area contributed by atoms with Crippen molar-refractivity contribution < 1.29 is 37.0 Å². The van der Waals surface area contributed by atoms with Crippen LogP contribution in [0.3, 0.4) is 0 Å². The number of nitrogens with one attached hydrogen (secondary N) is 2. The van der Waals surface area contributed by atoms with Gasteiger partial charge in [0.25, 0.3) is 11.8 Å². The van der Waals surface area contributed by atoms with Gasteiger partial charge < -0.3 is 25.0 Å². The summed E-state index contributed by atoms with van der Waals surface area (Å²) in [5, 5.41) is 5.58. The van der Waals surface area contributed by atoms with Gasteiger partial charge in [-0.25, -0.2) is 0 Å². The third kappa shape index (κ3) is 7.34. The molecule has 8 nitrogen and oxygen atoms in total. The van der Waals surface area contributed by atoms with Gasteiger partial charge in [-0.2, -0.15) is 13.2 Å². The Bertz CT molecular complexity index is 1460. The number of benzene rings is 3. The Balaban J connectivity index is 1.19. The minimum absolute atomic E-state index is 0.0427. The number of carbonyl (C=O) groups is 3. The number of likely N-dealkylation sites (N-methyl/N-ethyl adjacent to an activating group) is 1. The lowest BCUT2D eigenvalue weighted by molar-refractivity contribution is -0.137. The maximum atomic E-state index is 13.5. The van der Waals surface area contributed by atoms with E-state index in [1.807, 2.05) is 30.3 Å². The minimum Gasteiger partial charge on any atom is -0.490 e. The number of carbonyl (C=O) groups excluding carboxylic acids is 3. The molecule has 0 radical (unpaired) electrons. The number of rotatable bonds is 7. The SMILES string of the molecule is CN1C(=O)c2cc(NC(=O)c3ccc(C(F)(F)F)cc3)ccc2OC[C@@H]2O[C@H](CC(=O)NCCc3ccccc3)CC[C@@H]21. The highest BCUT2D eigenvalue weighted by Gasteiger charge is 2.39. The molecule has 0 aliphatic carbocycles. The first kappa shape index (κ1) is 30.1. The number of hydrogen-bond acceptors (Lipinski definition) is 5. The Kier molecular flexibility index (Phi) is 9.00. The topological polar surface area (TPSA) is 97.0 Å². The summed E-state index contributed by atoms with van der Waals surface area (Å²) in [5.41, 5.74) is 0.874. The molecule has 2 aliphatic heterocycles. The van der Waals surface area contributed by atoms with Gasteiger partial charge in [-0.05, 0) is 67.3 Å². The summed E-state index contributed by atoms with van der Waals surface area (Å²) in [7, 11) is 1.68. The summed E-state index contributed by atoms with van der Waals surface area (Å²) in [6, 6.07) is 18.1. The van der Waals surface area contributed by atoms with Crippen LogP contribution in [0, 0.1) is 0 Å². The van der Waals surface area contributed by atoms with E-state index in [1.54, 1.807) is 24.1 Å². The smallest absolute Gasteiger partial charge is 0.416 e. The van der Waals surface area contributed by atoms with E-state index >= 15 is 0 Å². The molecule has 226 valence electrons. The lowest BCUT2D eigenvalue weighted by Gasteiger charge is -2.42. The van der Waals surface area contributed by atoms with Crippen LogP contribution in [0.4, 0.5) is 18.9 Å². The van der Waals surface area contributed by atoms with E-state index in [2.05, 4.69) is 10.6 Å². The van der Waals surface area contributed by atoms with Crippen molar-refractivity contribution in [2.45, 2.75) is 50.1 Å². The lowest BCUT2D eigenvalue weighted by Crippen LogP contribution is -2.54. The summed E-state index contributed by atoms with van der Waals surface area (Å²) in [6.07, 6.45) is -3.06. The molecule has 11 heteroatoms.